The highest BCUT2D eigenvalue weighted by Gasteiger charge is 2.44. The Bertz CT molecular complexity index is 448. The summed E-state index contributed by atoms with van der Waals surface area (Å²) in [6.45, 7) is 1.52. The molecule has 0 radical (unpaired) electrons. The van der Waals surface area contributed by atoms with Gasteiger partial charge in [0, 0.05) is 18.5 Å². The number of hydrogen-bond acceptors (Lipinski definition) is 3. The van der Waals surface area contributed by atoms with Gasteiger partial charge in [0.15, 0.2) is 0 Å². The Hall–Kier alpha value is -0.900. The standard InChI is InChI=1S/C18H27NO2/c20-16-11-17(12-16,15-7-3-1-4-8-15)13-19-14-18(21)9-5-2-6-10-18/h1,3-4,7-8,16,19-21H,2,5-6,9-14H2. The minimum absolute atomic E-state index is 0.0473. The number of nitrogens with one attached hydrogen (secondary N) is 1. The number of benzene rings is 1. The molecule has 2 aliphatic rings. The van der Waals surface area contributed by atoms with Crippen molar-refractivity contribution >= 4 is 0 Å². The molecule has 0 unspecified atom stereocenters. The van der Waals surface area contributed by atoms with Crippen LogP contribution in [0.5, 0.6) is 0 Å². The van der Waals surface area contributed by atoms with Gasteiger partial charge in [-0.1, -0.05) is 49.6 Å². The second kappa shape index (κ2) is 6.07. The molecule has 3 nitrogen and oxygen atoms in total. The van der Waals surface area contributed by atoms with Crippen molar-refractivity contribution in [3.05, 3.63) is 35.9 Å². The van der Waals surface area contributed by atoms with E-state index in [4.69, 9.17) is 0 Å². The van der Waals surface area contributed by atoms with Crippen molar-refractivity contribution < 1.29 is 10.2 Å². The summed E-state index contributed by atoms with van der Waals surface area (Å²) in [5, 5.41) is 23.8. The molecule has 0 amide bonds. The van der Waals surface area contributed by atoms with E-state index in [0.717, 1.165) is 45.1 Å². The third kappa shape index (κ3) is 3.31. The van der Waals surface area contributed by atoms with E-state index in [9.17, 15) is 10.2 Å². The molecule has 0 spiro atoms. The van der Waals surface area contributed by atoms with Crippen molar-refractivity contribution in [2.75, 3.05) is 13.1 Å². The van der Waals surface area contributed by atoms with Crippen LogP contribution in [0.25, 0.3) is 0 Å². The van der Waals surface area contributed by atoms with Crippen molar-refractivity contribution in [1.82, 2.24) is 5.32 Å². The Kier molecular flexibility index (Phi) is 4.34. The van der Waals surface area contributed by atoms with Crippen molar-refractivity contribution in [2.24, 2.45) is 0 Å². The Morgan fingerprint density at radius 3 is 2.29 bits per heavy atom. The third-order valence-corrected chi connectivity index (χ3v) is 5.34. The van der Waals surface area contributed by atoms with Crippen LogP contribution in [0.2, 0.25) is 0 Å². The maximum atomic E-state index is 10.6. The fourth-order valence-electron chi connectivity index (χ4n) is 4.04. The maximum absolute atomic E-state index is 10.6. The second-order valence-corrected chi connectivity index (χ2v) is 7.10. The first-order valence-electron chi connectivity index (χ1n) is 8.29. The Balaban J connectivity index is 1.59. The van der Waals surface area contributed by atoms with Crippen LogP contribution in [0.1, 0.15) is 50.5 Å². The second-order valence-electron chi connectivity index (χ2n) is 7.10. The summed E-state index contributed by atoms with van der Waals surface area (Å²) in [5.74, 6) is 0. The molecule has 0 saturated heterocycles. The summed E-state index contributed by atoms with van der Waals surface area (Å²) in [7, 11) is 0. The minimum atomic E-state index is -0.515. The van der Waals surface area contributed by atoms with Crippen LogP contribution >= 0.6 is 0 Å². The number of hydrogen-bond donors (Lipinski definition) is 3. The van der Waals surface area contributed by atoms with Gasteiger partial charge in [0.05, 0.1) is 11.7 Å². The average Bonchev–Trinajstić information content (AvgIpc) is 2.46. The predicted octanol–water partition coefficient (Wildman–Crippen LogP) is 2.36. The highest BCUT2D eigenvalue weighted by atomic mass is 16.3. The fourth-order valence-corrected chi connectivity index (χ4v) is 4.04. The Morgan fingerprint density at radius 1 is 1.00 bits per heavy atom. The molecule has 116 valence electrons. The first kappa shape index (κ1) is 15.0. The summed E-state index contributed by atoms with van der Waals surface area (Å²) >= 11 is 0. The molecule has 1 aromatic carbocycles. The molecule has 3 N–H and O–H groups in total. The van der Waals surface area contributed by atoms with Gasteiger partial charge in [0.1, 0.15) is 0 Å². The van der Waals surface area contributed by atoms with Gasteiger partial charge in [-0.2, -0.15) is 0 Å². The number of aliphatic hydroxyl groups excluding tert-OH is 1. The lowest BCUT2D eigenvalue weighted by Crippen LogP contribution is -2.53. The van der Waals surface area contributed by atoms with E-state index >= 15 is 0 Å². The van der Waals surface area contributed by atoms with Crippen LogP contribution in [0.4, 0.5) is 0 Å². The van der Waals surface area contributed by atoms with Crippen LogP contribution in [0, 0.1) is 0 Å². The first-order valence-corrected chi connectivity index (χ1v) is 8.29. The molecule has 21 heavy (non-hydrogen) atoms. The van der Waals surface area contributed by atoms with Crippen molar-refractivity contribution in [3.63, 3.8) is 0 Å². The molecule has 3 heteroatoms. The molecule has 2 fully saturated rings. The van der Waals surface area contributed by atoms with Crippen LogP contribution in [-0.2, 0) is 5.41 Å². The highest BCUT2D eigenvalue weighted by molar-refractivity contribution is 5.30. The SMILES string of the molecule is OC1CC(CNCC2(O)CCCCC2)(c2ccccc2)C1. The van der Waals surface area contributed by atoms with Gasteiger partial charge in [-0.05, 0) is 31.2 Å². The van der Waals surface area contributed by atoms with Gasteiger partial charge in [-0.15, -0.1) is 0 Å². The van der Waals surface area contributed by atoms with E-state index < -0.39 is 5.60 Å². The lowest BCUT2D eigenvalue weighted by atomic mass is 9.62. The van der Waals surface area contributed by atoms with Crippen LogP contribution < -0.4 is 5.32 Å². The molecule has 0 heterocycles. The van der Waals surface area contributed by atoms with E-state index in [1.54, 1.807) is 0 Å². The fraction of sp³-hybridized carbons (Fsp3) is 0.667. The van der Waals surface area contributed by atoms with E-state index in [0.29, 0.717) is 6.54 Å². The van der Waals surface area contributed by atoms with Gasteiger partial charge in [0.25, 0.3) is 0 Å². The van der Waals surface area contributed by atoms with Crippen molar-refractivity contribution in [1.29, 1.82) is 0 Å². The lowest BCUT2D eigenvalue weighted by Gasteiger charge is -2.47. The smallest absolute Gasteiger partial charge is 0.0771 e. The highest BCUT2D eigenvalue weighted by Crippen LogP contribution is 2.43. The van der Waals surface area contributed by atoms with Gasteiger partial charge in [0.2, 0.25) is 0 Å². The largest absolute Gasteiger partial charge is 0.393 e. The zero-order valence-electron chi connectivity index (χ0n) is 12.7. The molecule has 0 atom stereocenters. The summed E-state index contributed by atoms with van der Waals surface area (Å²) in [6, 6.07) is 10.5. The number of aliphatic hydroxyl groups is 2. The van der Waals surface area contributed by atoms with Gasteiger partial charge < -0.3 is 15.5 Å². The summed E-state index contributed by atoms with van der Waals surface area (Å²) in [4.78, 5) is 0. The maximum Gasteiger partial charge on any atom is 0.0771 e. The number of rotatable bonds is 5. The molecule has 2 saturated carbocycles. The molecular formula is C18H27NO2. The van der Waals surface area contributed by atoms with Gasteiger partial charge >= 0.3 is 0 Å². The van der Waals surface area contributed by atoms with Crippen LogP contribution in [0.3, 0.4) is 0 Å². The first-order chi connectivity index (χ1) is 10.1. The molecular weight excluding hydrogens is 262 g/mol. The summed E-state index contributed by atoms with van der Waals surface area (Å²) < 4.78 is 0. The molecule has 1 aromatic rings. The average molecular weight is 289 g/mol. The zero-order chi connectivity index (χ0) is 14.8. The monoisotopic (exact) mass is 289 g/mol. The molecule has 0 aromatic heterocycles. The van der Waals surface area contributed by atoms with Crippen LogP contribution in [0.15, 0.2) is 30.3 Å². The van der Waals surface area contributed by atoms with Crippen molar-refractivity contribution in [3.8, 4) is 0 Å². The van der Waals surface area contributed by atoms with Gasteiger partial charge in [-0.3, -0.25) is 0 Å². The third-order valence-electron chi connectivity index (χ3n) is 5.34. The normalized spacial score (nSPS) is 31.6. The van der Waals surface area contributed by atoms with E-state index in [-0.39, 0.29) is 11.5 Å². The minimum Gasteiger partial charge on any atom is -0.393 e. The predicted molar refractivity (Wildman–Crippen MR) is 84.3 cm³/mol. The molecule has 2 aliphatic carbocycles. The quantitative estimate of drug-likeness (QED) is 0.780. The molecule has 0 aliphatic heterocycles. The van der Waals surface area contributed by atoms with E-state index in [1.807, 2.05) is 6.07 Å². The summed E-state index contributed by atoms with van der Waals surface area (Å²) in [5.41, 5.74) is 0.836. The lowest BCUT2D eigenvalue weighted by molar-refractivity contribution is -0.00731. The van der Waals surface area contributed by atoms with Gasteiger partial charge in [-0.25, -0.2) is 0 Å². The molecule has 3 rings (SSSR count). The van der Waals surface area contributed by atoms with Crippen LogP contribution in [-0.4, -0.2) is 35.0 Å². The summed E-state index contributed by atoms with van der Waals surface area (Å²) in [6.07, 6.45) is 6.83. The van der Waals surface area contributed by atoms with E-state index in [1.165, 1.54) is 12.0 Å². The van der Waals surface area contributed by atoms with E-state index in [2.05, 4.69) is 29.6 Å². The topological polar surface area (TPSA) is 52.5 Å². The Labute approximate surface area is 127 Å². The Morgan fingerprint density at radius 2 is 1.67 bits per heavy atom. The molecule has 0 bridgehead atoms. The zero-order valence-corrected chi connectivity index (χ0v) is 12.7. The van der Waals surface area contributed by atoms with Crippen molar-refractivity contribution in [2.45, 2.75) is 62.1 Å².